The van der Waals surface area contributed by atoms with Crippen molar-refractivity contribution in [2.45, 2.75) is 45.1 Å². The van der Waals surface area contributed by atoms with Gasteiger partial charge in [-0.3, -0.25) is 4.79 Å². The third kappa shape index (κ3) is 4.14. The zero-order valence-electron chi connectivity index (χ0n) is 12.6. The number of nitrogens with one attached hydrogen (secondary N) is 2. The number of fused-ring (bicyclic) bond motifs is 2. The van der Waals surface area contributed by atoms with E-state index < -0.39 is 0 Å². The molecular formula is C16H24ClN3O. The smallest absolute Gasteiger partial charge is 0.263 e. The number of hydrogen-bond acceptors (Lipinski definition) is 3. The molecule has 0 saturated heterocycles. The zero-order valence-corrected chi connectivity index (χ0v) is 13.3. The standard InChI is InChI=1S/C16H24ClN3O/c1-11(15-8-12-3-4-13(15)7-12)20-10-14(9-18)16(21)19-6-2-5-17/h10-13,15,20H,2-8H2,1H3,(H,19,21)/b14-10-. The number of rotatable bonds is 7. The minimum Gasteiger partial charge on any atom is -0.387 e. The van der Waals surface area contributed by atoms with Gasteiger partial charge in [-0.15, -0.1) is 11.6 Å². The molecule has 2 bridgehead atoms. The third-order valence-electron chi connectivity index (χ3n) is 4.89. The Bertz CT molecular complexity index is 443. The number of halogens is 1. The molecule has 2 N–H and O–H groups in total. The molecule has 2 aliphatic rings. The fraction of sp³-hybridized carbons (Fsp3) is 0.750. The van der Waals surface area contributed by atoms with Crippen LogP contribution in [0.5, 0.6) is 0 Å². The first-order valence-corrected chi connectivity index (χ1v) is 8.39. The second-order valence-corrected chi connectivity index (χ2v) is 6.64. The Hall–Kier alpha value is -1.21. The lowest BCUT2D eigenvalue weighted by atomic mass is 9.84. The van der Waals surface area contributed by atoms with Crippen molar-refractivity contribution in [1.82, 2.24) is 10.6 Å². The Morgan fingerprint density at radius 3 is 2.86 bits per heavy atom. The molecule has 0 aliphatic heterocycles. The fourth-order valence-corrected chi connectivity index (χ4v) is 3.89. The summed E-state index contributed by atoms with van der Waals surface area (Å²) in [6.07, 6.45) is 7.67. The van der Waals surface area contributed by atoms with Gasteiger partial charge in [0.2, 0.25) is 0 Å². The van der Waals surface area contributed by atoms with Crippen molar-refractivity contribution in [3.05, 3.63) is 11.8 Å². The lowest BCUT2D eigenvalue weighted by Gasteiger charge is -2.28. The Kier molecular flexibility index (Phi) is 5.93. The van der Waals surface area contributed by atoms with Crippen molar-refractivity contribution in [3.63, 3.8) is 0 Å². The number of carbonyl (C=O) groups excluding carboxylic acids is 1. The van der Waals surface area contributed by atoms with Crippen LogP contribution < -0.4 is 10.6 Å². The number of nitrogens with zero attached hydrogens (tertiary/aromatic N) is 1. The quantitative estimate of drug-likeness (QED) is 0.329. The maximum Gasteiger partial charge on any atom is 0.263 e. The van der Waals surface area contributed by atoms with Crippen molar-refractivity contribution in [2.24, 2.45) is 17.8 Å². The lowest BCUT2D eigenvalue weighted by Crippen LogP contribution is -2.34. The van der Waals surface area contributed by atoms with Crippen LogP contribution >= 0.6 is 11.6 Å². The average Bonchev–Trinajstić information content (AvgIpc) is 3.10. The number of nitriles is 1. The van der Waals surface area contributed by atoms with Gasteiger partial charge in [0.25, 0.3) is 5.91 Å². The first-order valence-electron chi connectivity index (χ1n) is 7.86. The Morgan fingerprint density at radius 1 is 1.48 bits per heavy atom. The van der Waals surface area contributed by atoms with Crippen LogP contribution in [0.15, 0.2) is 11.8 Å². The minimum atomic E-state index is -0.324. The summed E-state index contributed by atoms with van der Waals surface area (Å²) >= 11 is 5.56. The summed E-state index contributed by atoms with van der Waals surface area (Å²) in [5.74, 6) is 2.59. The van der Waals surface area contributed by atoms with Gasteiger partial charge in [-0.2, -0.15) is 5.26 Å². The third-order valence-corrected chi connectivity index (χ3v) is 5.15. The van der Waals surface area contributed by atoms with Gasteiger partial charge in [0.1, 0.15) is 11.6 Å². The van der Waals surface area contributed by atoms with Gasteiger partial charge >= 0.3 is 0 Å². The molecule has 0 aromatic heterocycles. The molecule has 4 unspecified atom stereocenters. The Labute approximate surface area is 131 Å². The van der Waals surface area contributed by atoms with E-state index in [1.807, 2.05) is 6.07 Å². The maximum atomic E-state index is 11.8. The molecule has 116 valence electrons. The van der Waals surface area contributed by atoms with Crippen LogP contribution in [-0.4, -0.2) is 24.4 Å². The summed E-state index contributed by atoms with van der Waals surface area (Å²) in [4.78, 5) is 11.8. The molecule has 2 fully saturated rings. The largest absolute Gasteiger partial charge is 0.387 e. The molecule has 0 radical (unpaired) electrons. The maximum absolute atomic E-state index is 11.8. The van der Waals surface area contributed by atoms with Crippen molar-refractivity contribution in [2.75, 3.05) is 12.4 Å². The van der Waals surface area contributed by atoms with Gasteiger partial charge in [0.15, 0.2) is 0 Å². The summed E-state index contributed by atoms with van der Waals surface area (Å²) in [6.45, 7) is 2.66. The highest BCUT2D eigenvalue weighted by atomic mass is 35.5. The van der Waals surface area contributed by atoms with Gasteiger partial charge in [-0.25, -0.2) is 0 Å². The van der Waals surface area contributed by atoms with Crippen LogP contribution in [0.2, 0.25) is 0 Å². The molecule has 0 heterocycles. The fourth-order valence-electron chi connectivity index (χ4n) is 3.76. The van der Waals surface area contributed by atoms with E-state index in [1.165, 1.54) is 25.7 Å². The molecule has 0 aromatic carbocycles. The zero-order chi connectivity index (χ0) is 15.2. The van der Waals surface area contributed by atoms with E-state index >= 15 is 0 Å². The summed E-state index contributed by atoms with van der Waals surface area (Å²) in [5.41, 5.74) is 0.138. The van der Waals surface area contributed by atoms with E-state index in [0.717, 1.165) is 11.8 Å². The highest BCUT2D eigenvalue weighted by molar-refractivity contribution is 6.17. The first kappa shape index (κ1) is 16.2. The second kappa shape index (κ2) is 7.70. The summed E-state index contributed by atoms with van der Waals surface area (Å²) < 4.78 is 0. The molecule has 21 heavy (non-hydrogen) atoms. The highest BCUT2D eigenvalue weighted by Crippen LogP contribution is 2.49. The van der Waals surface area contributed by atoms with Crippen molar-refractivity contribution in [3.8, 4) is 6.07 Å². The van der Waals surface area contributed by atoms with Gasteiger partial charge in [-0.1, -0.05) is 6.42 Å². The van der Waals surface area contributed by atoms with E-state index in [9.17, 15) is 4.79 Å². The van der Waals surface area contributed by atoms with Crippen LogP contribution in [0, 0.1) is 29.1 Å². The average molecular weight is 310 g/mol. The van der Waals surface area contributed by atoms with Crippen LogP contribution in [0.25, 0.3) is 0 Å². The van der Waals surface area contributed by atoms with E-state index in [1.54, 1.807) is 6.20 Å². The van der Waals surface area contributed by atoms with Gasteiger partial charge in [0.05, 0.1) is 0 Å². The number of hydrogen-bond donors (Lipinski definition) is 2. The molecule has 4 nitrogen and oxygen atoms in total. The van der Waals surface area contributed by atoms with E-state index in [4.69, 9.17) is 16.9 Å². The van der Waals surface area contributed by atoms with Crippen LogP contribution in [0.3, 0.4) is 0 Å². The summed E-state index contributed by atoms with van der Waals surface area (Å²) in [5, 5.41) is 15.1. The van der Waals surface area contributed by atoms with Crippen LogP contribution in [0.1, 0.15) is 39.0 Å². The molecule has 4 atom stereocenters. The molecule has 0 aromatic rings. The first-order chi connectivity index (χ1) is 10.2. The summed E-state index contributed by atoms with van der Waals surface area (Å²) in [6, 6.07) is 2.28. The Balaban J connectivity index is 1.83. The van der Waals surface area contributed by atoms with Crippen molar-refractivity contribution >= 4 is 17.5 Å². The van der Waals surface area contributed by atoms with E-state index in [-0.39, 0.29) is 11.5 Å². The topological polar surface area (TPSA) is 64.9 Å². The predicted octanol–water partition coefficient (Wildman–Crippen LogP) is 2.55. The monoisotopic (exact) mass is 309 g/mol. The second-order valence-electron chi connectivity index (χ2n) is 6.26. The van der Waals surface area contributed by atoms with Gasteiger partial charge in [0, 0.05) is 24.7 Å². The van der Waals surface area contributed by atoms with Crippen LogP contribution in [0.4, 0.5) is 0 Å². The van der Waals surface area contributed by atoms with E-state index in [0.29, 0.717) is 30.8 Å². The number of amides is 1. The SMILES string of the molecule is CC(N/C=C(/C#N)C(=O)NCCCCl)C1CC2CCC1C2. The van der Waals surface area contributed by atoms with Crippen LogP contribution in [-0.2, 0) is 4.79 Å². The molecule has 2 rings (SSSR count). The molecule has 0 spiro atoms. The minimum absolute atomic E-state index is 0.138. The van der Waals surface area contributed by atoms with Crippen molar-refractivity contribution < 1.29 is 4.79 Å². The number of carbonyl (C=O) groups is 1. The summed E-state index contributed by atoms with van der Waals surface area (Å²) in [7, 11) is 0. The molecular weight excluding hydrogens is 286 g/mol. The molecule has 2 aliphatic carbocycles. The van der Waals surface area contributed by atoms with Crippen molar-refractivity contribution in [1.29, 1.82) is 5.26 Å². The molecule has 1 amide bonds. The normalized spacial score (nSPS) is 29.0. The predicted molar refractivity (Wildman–Crippen MR) is 83.6 cm³/mol. The van der Waals surface area contributed by atoms with Gasteiger partial charge < -0.3 is 10.6 Å². The molecule has 5 heteroatoms. The van der Waals surface area contributed by atoms with E-state index in [2.05, 4.69) is 17.6 Å². The van der Waals surface area contributed by atoms with Gasteiger partial charge in [-0.05, 0) is 50.4 Å². The highest BCUT2D eigenvalue weighted by Gasteiger charge is 2.41. The molecule has 2 saturated carbocycles. The Morgan fingerprint density at radius 2 is 2.29 bits per heavy atom. The lowest BCUT2D eigenvalue weighted by molar-refractivity contribution is -0.117. The number of alkyl halides is 1.